The standard InChI is InChI=1S/C16H25N3O2/c1-12-5-6-14(10-13(12)2)19-16(17)18-7-9-20-11-15-4-3-8-21-15/h5-6,10,15H,3-4,7-9,11H2,1-2H3,(H3,17,18,19). The first-order valence-corrected chi connectivity index (χ1v) is 7.48. The minimum atomic E-state index is 0.264. The molecule has 0 radical (unpaired) electrons. The Morgan fingerprint density at radius 2 is 2.29 bits per heavy atom. The fourth-order valence-corrected chi connectivity index (χ4v) is 2.23. The van der Waals surface area contributed by atoms with Crippen LogP contribution in [0.25, 0.3) is 0 Å². The van der Waals surface area contributed by atoms with Crippen LogP contribution in [0.4, 0.5) is 5.69 Å². The maximum Gasteiger partial charge on any atom is 0.193 e. The van der Waals surface area contributed by atoms with Gasteiger partial charge in [-0.15, -0.1) is 0 Å². The summed E-state index contributed by atoms with van der Waals surface area (Å²) in [6.07, 6.45) is 2.50. The van der Waals surface area contributed by atoms with Gasteiger partial charge in [0.2, 0.25) is 0 Å². The van der Waals surface area contributed by atoms with Crippen molar-refractivity contribution in [1.82, 2.24) is 0 Å². The number of ether oxygens (including phenoxy) is 2. The average molecular weight is 291 g/mol. The predicted octanol–water partition coefficient (Wildman–Crippen LogP) is 2.23. The van der Waals surface area contributed by atoms with Crippen LogP contribution in [0.5, 0.6) is 0 Å². The van der Waals surface area contributed by atoms with E-state index in [-0.39, 0.29) is 6.10 Å². The fourth-order valence-electron chi connectivity index (χ4n) is 2.23. The Hall–Kier alpha value is -1.59. The van der Waals surface area contributed by atoms with Gasteiger partial charge in [-0.3, -0.25) is 4.99 Å². The second-order valence-corrected chi connectivity index (χ2v) is 5.40. The van der Waals surface area contributed by atoms with E-state index < -0.39 is 0 Å². The molecule has 1 aliphatic heterocycles. The molecule has 1 aromatic rings. The zero-order valence-corrected chi connectivity index (χ0v) is 12.9. The molecule has 1 heterocycles. The highest BCUT2D eigenvalue weighted by Gasteiger charge is 2.14. The zero-order valence-electron chi connectivity index (χ0n) is 12.9. The Kier molecular flexibility index (Phi) is 6.02. The van der Waals surface area contributed by atoms with E-state index in [4.69, 9.17) is 15.2 Å². The first-order chi connectivity index (χ1) is 10.1. The Labute approximate surface area is 126 Å². The maximum atomic E-state index is 5.86. The molecule has 21 heavy (non-hydrogen) atoms. The van der Waals surface area contributed by atoms with Crippen LogP contribution in [0.2, 0.25) is 0 Å². The van der Waals surface area contributed by atoms with Gasteiger partial charge < -0.3 is 20.5 Å². The molecule has 0 saturated carbocycles. The van der Waals surface area contributed by atoms with Crippen molar-refractivity contribution < 1.29 is 9.47 Å². The Balaban J connectivity index is 1.67. The van der Waals surface area contributed by atoms with Crippen LogP contribution in [0, 0.1) is 13.8 Å². The molecule has 1 fully saturated rings. The molecule has 1 atom stereocenters. The van der Waals surface area contributed by atoms with Gasteiger partial charge in [-0.05, 0) is 49.9 Å². The number of aryl methyl sites for hydroxylation is 2. The molecule has 1 unspecified atom stereocenters. The summed E-state index contributed by atoms with van der Waals surface area (Å²) in [5.41, 5.74) is 9.31. The summed E-state index contributed by atoms with van der Waals surface area (Å²) in [7, 11) is 0. The highest BCUT2D eigenvalue weighted by Crippen LogP contribution is 2.14. The van der Waals surface area contributed by atoms with Crippen molar-refractivity contribution in [1.29, 1.82) is 0 Å². The number of aliphatic imine (C=N–C) groups is 1. The van der Waals surface area contributed by atoms with E-state index in [0.29, 0.717) is 25.7 Å². The van der Waals surface area contributed by atoms with Gasteiger partial charge in [0.05, 0.1) is 25.9 Å². The molecule has 5 heteroatoms. The van der Waals surface area contributed by atoms with E-state index in [0.717, 1.165) is 25.1 Å². The van der Waals surface area contributed by atoms with Crippen LogP contribution < -0.4 is 11.1 Å². The van der Waals surface area contributed by atoms with E-state index in [9.17, 15) is 0 Å². The van der Waals surface area contributed by atoms with Crippen molar-refractivity contribution in [2.75, 3.05) is 31.7 Å². The molecule has 0 spiro atoms. The molecule has 2 rings (SSSR count). The van der Waals surface area contributed by atoms with Crippen molar-refractivity contribution >= 4 is 11.6 Å². The zero-order chi connectivity index (χ0) is 15.1. The number of benzene rings is 1. The number of anilines is 1. The first kappa shape index (κ1) is 15.8. The molecule has 5 nitrogen and oxygen atoms in total. The summed E-state index contributed by atoms with van der Waals surface area (Å²) < 4.78 is 11.0. The first-order valence-electron chi connectivity index (χ1n) is 7.48. The molecule has 3 N–H and O–H groups in total. The van der Waals surface area contributed by atoms with Gasteiger partial charge in [-0.25, -0.2) is 0 Å². The molecular weight excluding hydrogens is 266 g/mol. The molecule has 0 aliphatic carbocycles. The van der Waals surface area contributed by atoms with Gasteiger partial charge in [0.1, 0.15) is 0 Å². The van der Waals surface area contributed by atoms with Crippen molar-refractivity contribution in [3.63, 3.8) is 0 Å². The quantitative estimate of drug-likeness (QED) is 0.479. The summed E-state index contributed by atoms with van der Waals surface area (Å²) in [5, 5.41) is 3.09. The van der Waals surface area contributed by atoms with Gasteiger partial charge in [0.15, 0.2) is 5.96 Å². The maximum absolute atomic E-state index is 5.86. The van der Waals surface area contributed by atoms with Gasteiger partial charge in [0.25, 0.3) is 0 Å². The molecular formula is C16H25N3O2. The summed E-state index contributed by atoms with van der Waals surface area (Å²) in [4.78, 5) is 4.25. The van der Waals surface area contributed by atoms with E-state index in [1.165, 1.54) is 11.1 Å². The number of hydrogen-bond donors (Lipinski definition) is 2. The number of nitrogens with two attached hydrogens (primary N) is 1. The second-order valence-electron chi connectivity index (χ2n) is 5.40. The van der Waals surface area contributed by atoms with Crippen molar-refractivity contribution in [2.45, 2.75) is 32.8 Å². The number of guanidine groups is 1. The Bertz CT molecular complexity index is 482. The van der Waals surface area contributed by atoms with Crippen LogP contribution in [0.3, 0.4) is 0 Å². The van der Waals surface area contributed by atoms with E-state index in [1.54, 1.807) is 0 Å². The van der Waals surface area contributed by atoms with Gasteiger partial charge in [0, 0.05) is 12.3 Å². The number of hydrogen-bond acceptors (Lipinski definition) is 3. The van der Waals surface area contributed by atoms with Gasteiger partial charge >= 0.3 is 0 Å². The monoisotopic (exact) mass is 291 g/mol. The lowest BCUT2D eigenvalue weighted by atomic mass is 10.1. The number of nitrogens with zero attached hydrogens (tertiary/aromatic N) is 1. The number of rotatable bonds is 6. The Morgan fingerprint density at radius 1 is 1.43 bits per heavy atom. The molecule has 1 saturated heterocycles. The van der Waals surface area contributed by atoms with Crippen LogP contribution in [0.1, 0.15) is 24.0 Å². The lowest BCUT2D eigenvalue weighted by Crippen LogP contribution is -2.23. The summed E-state index contributed by atoms with van der Waals surface area (Å²) in [6.45, 7) is 6.79. The van der Waals surface area contributed by atoms with E-state index in [2.05, 4.69) is 36.3 Å². The van der Waals surface area contributed by atoms with Crippen molar-refractivity contribution in [3.05, 3.63) is 29.3 Å². The second kappa shape index (κ2) is 8.00. The summed E-state index contributed by atoms with van der Waals surface area (Å²) in [6, 6.07) is 6.12. The predicted molar refractivity (Wildman–Crippen MR) is 85.8 cm³/mol. The topological polar surface area (TPSA) is 68.9 Å². The fraction of sp³-hybridized carbons (Fsp3) is 0.562. The third kappa shape index (κ3) is 5.36. The lowest BCUT2D eigenvalue weighted by molar-refractivity contribution is 0.0200. The summed E-state index contributed by atoms with van der Waals surface area (Å²) in [5.74, 6) is 0.416. The van der Waals surface area contributed by atoms with Crippen molar-refractivity contribution in [3.8, 4) is 0 Å². The normalized spacial score (nSPS) is 19.0. The Morgan fingerprint density at radius 3 is 3.00 bits per heavy atom. The number of nitrogens with one attached hydrogen (secondary N) is 1. The SMILES string of the molecule is Cc1ccc(NC(N)=NCCOCC2CCCO2)cc1C. The molecule has 0 bridgehead atoms. The molecule has 1 aromatic carbocycles. The third-order valence-corrected chi connectivity index (χ3v) is 3.62. The molecule has 1 aliphatic rings. The van der Waals surface area contributed by atoms with Crippen LogP contribution >= 0.6 is 0 Å². The average Bonchev–Trinajstić information content (AvgIpc) is 2.96. The molecule has 0 amide bonds. The van der Waals surface area contributed by atoms with Crippen LogP contribution in [0.15, 0.2) is 23.2 Å². The smallest absolute Gasteiger partial charge is 0.193 e. The highest BCUT2D eigenvalue weighted by molar-refractivity contribution is 5.92. The van der Waals surface area contributed by atoms with E-state index in [1.807, 2.05) is 6.07 Å². The largest absolute Gasteiger partial charge is 0.377 e. The van der Waals surface area contributed by atoms with Crippen LogP contribution in [-0.2, 0) is 9.47 Å². The van der Waals surface area contributed by atoms with Gasteiger partial charge in [-0.2, -0.15) is 0 Å². The minimum Gasteiger partial charge on any atom is -0.377 e. The van der Waals surface area contributed by atoms with Crippen LogP contribution in [-0.4, -0.2) is 38.4 Å². The molecule has 0 aromatic heterocycles. The highest BCUT2D eigenvalue weighted by atomic mass is 16.5. The molecule has 116 valence electrons. The van der Waals surface area contributed by atoms with Gasteiger partial charge in [-0.1, -0.05) is 6.07 Å². The summed E-state index contributed by atoms with van der Waals surface area (Å²) >= 11 is 0. The van der Waals surface area contributed by atoms with E-state index >= 15 is 0 Å². The van der Waals surface area contributed by atoms with Crippen molar-refractivity contribution in [2.24, 2.45) is 10.7 Å². The third-order valence-electron chi connectivity index (χ3n) is 3.62. The lowest BCUT2D eigenvalue weighted by Gasteiger charge is -2.10. The minimum absolute atomic E-state index is 0.264.